The standard InChI is InChI=1S/C12H14F2N2O4/c1-6(12(17)18)7(2)15-10-4-3-8(16(19)20)5-9(10)11(13)14/h3-7,11,15H,1-2H3,(H,17,18). The summed E-state index contributed by atoms with van der Waals surface area (Å²) in [7, 11) is 0. The molecule has 2 N–H and O–H groups in total. The van der Waals surface area contributed by atoms with Gasteiger partial charge in [-0.2, -0.15) is 0 Å². The van der Waals surface area contributed by atoms with Crippen LogP contribution in [0.25, 0.3) is 0 Å². The second kappa shape index (κ2) is 6.27. The number of halogens is 2. The number of alkyl halides is 2. The quantitative estimate of drug-likeness (QED) is 0.620. The van der Waals surface area contributed by atoms with Crippen molar-refractivity contribution >= 4 is 17.3 Å². The lowest BCUT2D eigenvalue weighted by atomic mass is 10.0. The number of carboxylic acids is 1. The SMILES string of the molecule is CC(Nc1ccc([N+](=O)[O-])cc1C(F)F)C(C)C(=O)O. The topological polar surface area (TPSA) is 92.5 Å². The summed E-state index contributed by atoms with van der Waals surface area (Å²) in [6.07, 6.45) is -2.90. The van der Waals surface area contributed by atoms with E-state index in [4.69, 9.17) is 5.11 Å². The molecule has 0 saturated carbocycles. The minimum atomic E-state index is -2.90. The summed E-state index contributed by atoms with van der Waals surface area (Å²) in [6.45, 7) is 2.98. The third-order valence-electron chi connectivity index (χ3n) is 3.00. The Morgan fingerprint density at radius 1 is 1.40 bits per heavy atom. The molecule has 0 heterocycles. The van der Waals surface area contributed by atoms with Gasteiger partial charge in [0.15, 0.2) is 0 Å². The fourth-order valence-electron chi connectivity index (χ4n) is 1.56. The second-order valence-corrected chi connectivity index (χ2v) is 4.39. The molecule has 0 fully saturated rings. The Morgan fingerprint density at radius 3 is 2.45 bits per heavy atom. The molecule has 0 aliphatic heterocycles. The monoisotopic (exact) mass is 288 g/mol. The van der Waals surface area contributed by atoms with E-state index in [-0.39, 0.29) is 5.69 Å². The highest BCUT2D eigenvalue weighted by atomic mass is 19.3. The van der Waals surface area contributed by atoms with Crippen molar-refractivity contribution in [3.05, 3.63) is 33.9 Å². The molecule has 2 unspecified atom stereocenters. The summed E-state index contributed by atoms with van der Waals surface area (Å²) < 4.78 is 25.8. The summed E-state index contributed by atoms with van der Waals surface area (Å²) in [5.41, 5.74) is -0.973. The van der Waals surface area contributed by atoms with E-state index in [0.29, 0.717) is 0 Å². The van der Waals surface area contributed by atoms with E-state index < -0.39 is 40.5 Å². The first-order valence-electron chi connectivity index (χ1n) is 5.80. The van der Waals surface area contributed by atoms with Crippen LogP contribution in [0.15, 0.2) is 18.2 Å². The zero-order valence-corrected chi connectivity index (χ0v) is 10.8. The van der Waals surface area contributed by atoms with Crippen molar-refractivity contribution in [3.8, 4) is 0 Å². The summed E-state index contributed by atoms with van der Waals surface area (Å²) in [5, 5.41) is 22.1. The summed E-state index contributed by atoms with van der Waals surface area (Å²) in [4.78, 5) is 20.6. The fraction of sp³-hybridized carbons (Fsp3) is 0.417. The van der Waals surface area contributed by atoms with Gasteiger partial charge in [0.2, 0.25) is 0 Å². The molecule has 0 saturated heterocycles. The largest absolute Gasteiger partial charge is 0.481 e. The fourth-order valence-corrected chi connectivity index (χ4v) is 1.56. The highest BCUT2D eigenvalue weighted by Crippen LogP contribution is 2.31. The number of nitrogens with one attached hydrogen (secondary N) is 1. The Labute approximate surface area is 113 Å². The Bertz CT molecular complexity index is 522. The first-order chi connectivity index (χ1) is 9.23. The molecule has 0 bridgehead atoms. The Balaban J connectivity index is 3.06. The maximum absolute atomic E-state index is 12.9. The van der Waals surface area contributed by atoms with Gasteiger partial charge in [-0.25, -0.2) is 8.78 Å². The van der Waals surface area contributed by atoms with Gasteiger partial charge in [0, 0.05) is 29.4 Å². The lowest BCUT2D eigenvalue weighted by Gasteiger charge is -2.20. The van der Waals surface area contributed by atoms with Gasteiger partial charge >= 0.3 is 5.97 Å². The van der Waals surface area contributed by atoms with Gasteiger partial charge in [0.05, 0.1) is 10.8 Å². The molecule has 2 atom stereocenters. The first-order valence-corrected chi connectivity index (χ1v) is 5.80. The van der Waals surface area contributed by atoms with Crippen LogP contribution in [-0.2, 0) is 4.79 Å². The van der Waals surface area contributed by atoms with Gasteiger partial charge in [-0.15, -0.1) is 0 Å². The lowest BCUT2D eigenvalue weighted by Crippen LogP contribution is -2.30. The number of rotatable bonds is 6. The molecule has 110 valence electrons. The smallest absolute Gasteiger partial charge is 0.308 e. The van der Waals surface area contributed by atoms with Gasteiger partial charge in [0.1, 0.15) is 0 Å². The van der Waals surface area contributed by atoms with Crippen LogP contribution in [0.3, 0.4) is 0 Å². The van der Waals surface area contributed by atoms with Crippen LogP contribution >= 0.6 is 0 Å². The predicted octanol–water partition coefficient (Wildman–Crippen LogP) is 3.05. The lowest BCUT2D eigenvalue weighted by molar-refractivity contribution is -0.385. The van der Waals surface area contributed by atoms with Crippen molar-refractivity contribution in [1.29, 1.82) is 0 Å². The molecule has 1 aromatic rings. The second-order valence-electron chi connectivity index (χ2n) is 4.39. The highest BCUT2D eigenvalue weighted by molar-refractivity contribution is 5.71. The van der Waals surface area contributed by atoms with Crippen molar-refractivity contribution in [2.75, 3.05) is 5.32 Å². The molecule has 0 aromatic heterocycles. The first kappa shape index (κ1) is 15.8. The van der Waals surface area contributed by atoms with Crippen molar-refractivity contribution in [1.82, 2.24) is 0 Å². The third kappa shape index (κ3) is 3.62. The number of non-ortho nitro benzene ring substituents is 1. The van der Waals surface area contributed by atoms with Gasteiger partial charge in [-0.05, 0) is 19.9 Å². The Morgan fingerprint density at radius 2 is 2.00 bits per heavy atom. The van der Waals surface area contributed by atoms with Crippen LogP contribution in [0, 0.1) is 16.0 Å². The molecule has 0 aliphatic rings. The number of benzene rings is 1. The zero-order valence-electron chi connectivity index (χ0n) is 10.8. The van der Waals surface area contributed by atoms with Crippen LogP contribution < -0.4 is 5.32 Å². The predicted molar refractivity (Wildman–Crippen MR) is 67.9 cm³/mol. The van der Waals surface area contributed by atoms with Crippen LogP contribution in [0.1, 0.15) is 25.8 Å². The molecular weight excluding hydrogens is 274 g/mol. The molecule has 0 aliphatic carbocycles. The number of aliphatic carboxylic acids is 1. The van der Waals surface area contributed by atoms with Crippen LogP contribution in [0.4, 0.5) is 20.2 Å². The number of nitrogens with zero attached hydrogens (tertiary/aromatic N) is 1. The number of anilines is 1. The number of hydrogen-bond donors (Lipinski definition) is 2. The Hall–Kier alpha value is -2.25. The number of nitro benzene ring substituents is 1. The van der Waals surface area contributed by atoms with Crippen molar-refractivity contribution < 1.29 is 23.6 Å². The molecule has 8 heteroatoms. The van der Waals surface area contributed by atoms with E-state index in [0.717, 1.165) is 18.2 Å². The maximum atomic E-state index is 12.9. The molecule has 0 radical (unpaired) electrons. The van der Waals surface area contributed by atoms with Gasteiger partial charge in [0.25, 0.3) is 12.1 Å². The van der Waals surface area contributed by atoms with E-state index >= 15 is 0 Å². The summed E-state index contributed by atoms with van der Waals surface area (Å²) >= 11 is 0. The Kier molecular flexibility index (Phi) is 4.95. The average Bonchev–Trinajstić information content (AvgIpc) is 2.37. The number of nitro groups is 1. The molecule has 6 nitrogen and oxygen atoms in total. The van der Waals surface area contributed by atoms with Gasteiger partial charge < -0.3 is 10.4 Å². The third-order valence-corrected chi connectivity index (χ3v) is 3.00. The molecule has 20 heavy (non-hydrogen) atoms. The van der Waals surface area contributed by atoms with E-state index in [1.54, 1.807) is 0 Å². The molecule has 1 rings (SSSR count). The summed E-state index contributed by atoms with van der Waals surface area (Å²) in [5.74, 6) is -1.86. The molecule has 1 aromatic carbocycles. The number of carboxylic acid groups (broad SMARTS) is 1. The summed E-state index contributed by atoms with van der Waals surface area (Å²) in [6, 6.07) is 2.42. The zero-order chi connectivity index (χ0) is 15.4. The minimum Gasteiger partial charge on any atom is -0.481 e. The van der Waals surface area contributed by atoms with Gasteiger partial charge in [-0.1, -0.05) is 0 Å². The van der Waals surface area contributed by atoms with Crippen molar-refractivity contribution in [2.45, 2.75) is 26.3 Å². The van der Waals surface area contributed by atoms with E-state index in [1.165, 1.54) is 13.8 Å². The van der Waals surface area contributed by atoms with Crippen molar-refractivity contribution in [3.63, 3.8) is 0 Å². The van der Waals surface area contributed by atoms with E-state index in [1.807, 2.05) is 0 Å². The molecular formula is C12H14F2N2O4. The highest BCUT2D eigenvalue weighted by Gasteiger charge is 2.23. The van der Waals surface area contributed by atoms with E-state index in [9.17, 15) is 23.7 Å². The molecule has 0 spiro atoms. The normalized spacial score (nSPS) is 13.8. The van der Waals surface area contributed by atoms with Crippen LogP contribution in [0.5, 0.6) is 0 Å². The average molecular weight is 288 g/mol. The van der Waals surface area contributed by atoms with Crippen molar-refractivity contribution in [2.24, 2.45) is 5.92 Å². The number of hydrogen-bond acceptors (Lipinski definition) is 4. The van der Waals surface area contributed by atoms with E-state index in [2.05, 4.69) is 5.32 Å². The van der Waals surface area contributed by atoms with Crippen LogP contribution in [-0.4, -0.2) is 22.0 Å². The van der Waals surface area contributed by atoms with Crippen LogP contribution in [0.2, 0.25) is 0 Å². The maximum Gasteiger partial charge on any atom is 0.308 e. The van der Waals surface area contributed by atoms with Gasteiger partial charge in [-0.3, -0.25) is 14.9 Å². The molecule has 0 amide bonds. The number of carbonyl (C=O) groups is 1. The minimum absolute atomic E-state index is 0.00815.